The summed E-state index contributed by atoms with van der Waals surface area (Å²) in [5.41, 5.74) is 0.664. The highest BCUT2D eigenvalue weighted by atomic mass is 32.1. The summed E-state index contributed by atoms with van der Waals surface area (Å²) in [5, 5.41) is 2.91. The summed E-state index contributed by atoms with van der Waals surface area (Å²) in [4.78, 5) is 19.3. The minimum absolute atomic E-state index is 0.178. The summed E-state index contributed by atoms with van der Waals surface area (Å²) in [6, 6.07) is 0.951. The molecule has 20 heavy (non-hydrogen) atoms. The van der Waals surface area contributed by atoms with Crippen LogP contribution in [0, 0.1) is 12.8 Å². The molecule has 0 spiro atoms. The molecule has 0 saturated heterocycles. The van der Waals surface area contributed by atoms with Gasteiger partial charge in [-0.3, -0.25) is 4.79 Å². The van der Waals surface area contributed by atoms with E-state index in [1.54, 1.807) is 11.3 Å². The second-order valence-corrected chi connectivity index (χ2v) is 7.34. The van der Waals surface area contributed by atoms with Gasteiger partial charge in [0.1, 0.15) is 5.69 Å². The second-order valence-electron chi connectivity index (χ2n) is 6.28. The third-order valence-electron chi connectivity index (χ3n) is 4.80. The van der Waals surface area contributed by atoms with Crippen molar-refractivity contribution in [1.82, 2.24) is 9.88 Å². The van der Waals surface area contributed by atoms with Crippen molar-refractivity contribution in [1.29, 1.82) is 0 Å². The Morgan fingerprint density at radius 3 is 2.30 bits per heavy atom. The van der Waals surface area contributed by atoms with Crippen LogP contribution in [-0.4, -0.2) is 27.9 Å². The van der Waals surface area contributed by atoms with Crippen molar-refractivity contribution in [3.63, 3.8) is 0 Å². The lowest BCUT2D eigenvalue weighted by molar-refractivity contribution is 0.0582. The van der Waals surface area contributed by atoms with Crippen LogP contribution in [0.4, 0.5) is 0 Å². The Balaban J connectivity index is 1.71. The van der Waals surface area contributed by atoms with E-state index in [0.29, 0.717) is 17.8 Å². The van der Waals surface area contributed by atoms with E-state index in [0.717, 1.165) is 10.9 Å². The number of rotatable bonds is 4. The minimum Gasteiger partial charge on any atom is -0.331 e. The monoisotopic (exact) mass is 292 g/mol. The molecule has 0 atom stereocenters. The largest absolute Gasteiger partial charge is 0.331 e. The fraction of sp³-hybridized carbons (Fsp3) is 0.750. The van der Waals surface area contributed by atoms with E-state index in [4.69, 9.17) is 0 Å². The number of hydrogen-bond donors (Lipinski definition) is 0. The summed E-state index contributed by atoms with van der Waals surface area (Å²) in [6.45, 7) is 4.25. The molecule has 1 aromatic rings. The number of thiazole rings is 1. The molecule has 0 unspecified atom stereocenters. The molecule has 2 fully saturated rings. The zero-order chi connectivity index (χ0) is 14.1. The first-order valence-corrected chi connectivity index (χ1v) is 8.81. The van der Waals surface area contributed by atoms with E-state index in [9.17, 15) is 4.79 Å². The van der Waals surface area contributed by atoms with E-state index < -0.39 is 0 Å². The van der Waals surface area contributed by atoms with Gasteiger partial charge < -0.3 is 4.90 Å². The SMILES string of the molecule is CCC1CCC(N(C(=O)c2csc(C)n2)C2CC2)CC1. The lowest BCUT2D eigenvalue weighted by atomic mass is 9.84. The third-order valence-corrected chi connectivity index (χ3v) is 5.57. The van der Waals surface area contributed by atoms with Crippen molar-refractivity contribution in [3.05, 3.63) is 16.1 Å². The molecule has 3 rings (SSSR count). The Morgan fingerprint density at radius 2 is 1.85 bits per heavy atom. The van der Waals surface area contributed by atoms with Crippen LogP contribution in [0.3, 0.4) is 0 Å². The van der Waals surface area contributed by atoms with E-state index in [-0.39, 0.29) is 5.91 Å². The highest BCUT2D eigenvalue weighted by molar-refractivity contribution is 7.09. The van der Waals surface area contributed by atoms with Crippen LogP contribution in [0.1, 0.15) is 67.4 Å². The smallest absolute Gasteiger partial charge is 0.273 e. The zero-order valence-electron chi connectivity index (χ0n) is 12.5. The normalized spacial score (nSPS) is 26.5. The Hall–Kier alpha value is -0.900. The van der Waals surface area contributed by atoms with Crippen LogP contribution in [0.5, 0.6) is 0 Å². The van der Waals surface area contributed by atoms with Gasteiger partial charge in [0.05, 0.1) is 5.01 Å². The quantitative estimate of drug-likeness (QED) is 0.839. The fourth-order valence-corrected chi connectivity index (χ4v) is 3.99. The van der Waals surface area contributed by atoms with E-state index >= 15 is 0 Å². The second kappa shape index (κ2) is 5.84. The summed E-state index contributed by atoms with van der Waals surface area (Å²) in [6.07, 6.45) is 8.59. The molecule has 0 bridgehead atoms. The number of amides is 1. The van der Waals surface area contributed by atoms with Crippen LogP contribution in [-0.2, 0) is 0 Å². The third kappa shape index (κ3) is 2.90. The highest BCUT2D eigenvalue weighted by Crippen LogP contribution is 2.37. The Labute approximate surface area is 125 Å². The van der Waals surface area contributed by atoms with Gasteiger partial charge in [-0.2, -0.15) is 0 Å². The van der Waals surface area contributed by atoms with Crippen molar-refractivity contribution in [3.8, 4) is 0 Å². The minimum atomic E-state index is 0.178. The maximum Gasteiger partial charge on any atom is 0.273 e. The standard InChI is InChI=1S/C16H24N2OS/c1-3-12-4-6-13(7-5-12)18(14-8-9-14)16(19)15-10-20-11(2)17-15/h10,12-14H,3-9H2,1-2H3. The maximum absolute atomic E-state index is 12.8. The molecule has 3 nitrogen and oxygen atoms in total. The van der Waals surface area contributed by atoms with E-state index in [1.807, 2.05) is 12.3 Å². The van der Waals surface area contributed by atoms with Gasteiger partial charge in [-0.25, -0.2) is 4.98 Å². The number of carbonyl (C=O) groups is 1. The molecule has 2 aliphatic carbocycles. The van der Waals surface area contributed by atoms with Crippen LogP contribution in [0.25, 0.3) is 0 Å². The Bertz CT molecular complexity index is 473. The van der Waals surface area contributed by atoms with Gasteiger partial charge in [-0.1, -0.05) is 13.3 Å². The molecule has 0 radical (unpaired) electrons. The van der Waals surface area contributed by atoms with Crippen LogP contribution >= 0.6 is 11.3 Å². The van der Waals surface area contributed by atoms with E-state index in [1.165, 1.54) is 44.9 Å². The van der Waals surface area contributed by atoms with Crippen molar-refractivity contribution in [2.24, 2.45) is 5.92 Å². The molecule has 1 aromatic heterocycles. The molecule has 1 heterocycles. The number of aromatic nitrogens is 1. The maximum atomic E-state index is 12.8. The van der Waals surface area contributed by atoms with Crippen LogP contribution in [0.2, 0.25) is 0 Å². The number of carbonyl (C=O) groups excluding carboxylic acids is 1. The van der Waals surface area contributed by atoms with Gasteiger partial charge in [0.25, 0.3) is 5.91 Å². The summed E-state index contributed by atoms with van der Waals surface area (Å²) >= 11 is 1.57. The van der Waals surface area contributed by atoms with Gasteiger partial charge >= 0.3 is 0 Å². The summed E-state index contributed by atoms with van der Waals surface area (Å²) < 4.78 is 0. The summed E-state index contributed by atoms with van der Waals surface area (Å²) in [7, 11) is 0. The molecule has 110 valence electrons. The summed E-state index contributed by atoms with van der Waals surface area (Å²) in [5.74, 6) is 1.06. The molecular weight excluding hydrogens is 268 g/mol. The molecule has 0 aromatic carbocycles. The molecule has 2 saturated carbocycles. The first-order chi connectivity index (χ1) is 9.69. The lowest BCUT2D eigenvalue weighted by Crippen LogP contribution is -2.44. The van der Waals surface area contributed by atoms with Gasteiger partial charge in [-0.15, -0.1) is 11.3 Å². The Morgan fingerprint density at radius 1 is 1.25 bits per heavy atom. The van der Waals surface area contributed by atoms with Gasteiger partial charge in [0.15, 0.2) is 0 Å². The molecular formula is C16H24N2OS. The number of hydrogen-bond acceptors (Lipinski definition) is 3. The Kier molecular flexibility index (Phi) is 4.11. The fourth-order valence-electron chi connectivity index (χ4n) is 3.41. The van der Waals surface area contributed by atoms with Gasteiger partial charge in [-0.05, 0) is 51.4 Å². The predicted octanol–water partition coefficient (Wildman–Crippen LogP) is 4.02. The first kappa shape index (κ1) is 14.1. The molecule has 0 N–H and O–H groups in total. The van der Waals surface area contributed by atoms with Gasteiger partial charge in [0.2, 0.25) is 0 Å². The molecule has 2 aliphatic rings. The van der Waals surface area contributed by atoms with Crippen molar-refractivity contribution < 1.29 is 4.79 Å². The van der Waals surface area contributed by atoms with Gasteiger partial charge in [0, 0.05) is 17.5 Å². The average molecular weight is 292 g/mol. The van der Waals surface area contributed by atoms with E-state index in [2.05, 4.69) is 16.8 Å². The number of aryl methyl sites for hydroxylation is 1. The topological polar surface area (TPSA) is 33.2 Å². The zero-order valence-corrected chi connectivity index (χ0v) is 13.3. The number of nitrogens with zero attached hydrogens (tertiary/aromatic N) is 2. The highest BCUT2D eigenvalue weighted by Gasteiger charge is 2.39. The van der Waals surface area contributed by atoms with Crippen LogP contribution < -0.4 is 0 Å². The van der Waals surface area contributed by atoms with Crippen molar-refractivity contribution >= 4 is 17.2 Å². The lowest BCUT2D eigenvalue weighted by Gasteiger charge is -2.36. The first-order valence-electron chi connectivity index (χ1n) is 7.93. The average Bonchev–Trinajstić information content (AvgIpc) is 3.20. The molecule has 4 heteroatoms. The van der Waals surface area contributed by atoms with Crippen molar-refractivity contribution in [2.75, 3.05) is 0 Å². The van der Waals surface area contributed by atoms with Crippen LogP contribution in [0.15, 0.2) is 5.38 Å². The molecule has 1 amide bonds. The molecule has 0 aliphatic heterocycles. The predicted molar refractivity (Wildman–Crippen MR) is 82.1 cm³/mol. The van der Waals surface area contributed by atoms with Crippen molar-refractivity contribution in [2.45, 2.75) is 70.9 Å².